The number of amides is 1. The smallest absolute Gasteiger partial charge is 0.237 e. The topological polar surface area (TPSA) is 85.8 Å². The molecule has 130 valence electrons. The Morgan fingerprint density at radius 2 is 2.12 bits per heavy atom. The number of unbranched alkanes of at least 4 members (excludes halogenated alkanes) is 1. The van der Waals surface area contributed by atoms with Crippen molar-refractivity contribution in [3.63, 3.8) is 0 Å². The van der Waals surface area contributed by atoms with Crippen LogP contribution in [0.25, 0.3) is 0 Å². The second-order valence-electron chi connectivity index (χ2n) is 5.87. The van der Waals surface area contributed by atoms with Crippen molar-refractivity contribution >= 4 is 23.4 Å². The predicted octanol–water partition coefficient (Wildman–Crippen LogP) is 3.07. The van der Waals surface area contributed by atoms with Gasteiger partial charge in [0.1, 0.15) is 0 Å². The lowest BCUT2D eigenvalue weighted by Crippen LogP contribution is -2.24. The number of hydrogen-bond donors (Lipinski definition) is 2. The first-order chi connectivity index (χ1) is 11.4. The van der Waals surface area contributed by atoms with Gasteiger partial charge in [0.15, 0.2) is 5.82 Å². The van der Waals surface area contributed by atoms with Crippen molar-refractivity contribution in [1.82, 2.24) is 14.9 Å². The lowest BCUT2D eigenvalue weighted by atomic mass is 10.1. The van der Waals surface area contributed by atoms with Crippen LogP contribution in [0.1, 0.15) is 43.6 Å². The fourth-order valence-corrected chi connectivity index (χ4v) is 3.01. The summed E-state index contributed by atoms with van der Waals surface area (Å²) in [7, 11) is 0. The number of carbonyl (C=O) groups excluding carboxylic acids is 1. The highest BCUT2D eigenvalue weighted by Gasteiger charge is 2.20. The highest BCUT2D eigenvalue weighted by atomic mass is 32.2. The maximum Gasteiger partial charge on any atom is 0.237 e. The Bertz CT molecular complexity index is 713. The number of anilines is 1. The second-order valence-corrected chi connectivity index (χ2v) is 7.18. The standard InChI is InChI=1S/C17H25N5OS/c1-5-6-10-15-20-21-17(22(15)18)24-13(4)16(23)19-14-9-7-8-11(2)12(14)3/h7-9,13H,5-6,10,18H2,1-4H3,(H,19,23)/t13-/m1/s1. The molecule has 1 heterocycles. The van der Waals surface area contributed by atoms with E-state index in [1.165, 1.54) is 16.4 Å². The summed E-state index contributed by atoms with van der Waals surface area (Å²) in [5.41, 5.74) is 3.06. The zero-order valence-corrected chi connectivity index (χ0v) is 15.5. The summed E-state index contributed by atoms with van der Waals surface area (Å²) in [6.07, 6.45) is 2.89. The number of thioether (sulfide) groups is 1. The third kappa shape index (κ3) is 4.29. The van der Waals surface area contributed by atoms with Gasteiger partial charge in [0.25, 0.3) is 0 Å². The normalized spacial score (nSPS) is 12.2. The van der Waals surface area contributed by atoms with Gasteiger partial charge in [-0.1, -0.05) is 37.2 Å². The van der Waals surface area contributed by atoms with Crippen LogP contribution < -0.4 is 11.2 Å². The quantitative estimate of drug-likeness (QED) is 0.594. The molecule has 1 aromatic carbocycles. The number of nitrogens with zero attached hydrogens (tertiary/aromatic N) is 3. The minimum Gasteiger partial charge on any atom is -0.336 e. The van der Waals surface area contributed by atoms with Crippen LogP contribution in [-0.4, -0.2) is 26.0 Å². The summed E-state index contributed by atoms with van der Waals surface area (Å²) in [4.78, 5) is 12.4. The average Bonchev–Trinajstić information content (AvgIpc) is 2.90. The number of nitrogen functional groups attached to an aromatic ring is 1. The van der Waals surface area contributed by atoms with E-state index in [1.54, 1.807) is 0 Å². The van der Waals surface area contributed by atoms with Gasteiger partial charge >= 0.3 is 0 Å². The highest BCUT2D eigenvalue weighted by Crippen LogP contribution is 2.24. The summed E-state index contributed by atoms with van der Waals surface area (Å²) in [5, 5.41) is 11.4. The molecule has 24 heavy (non-hydrogen) atoms. The molecule has 0 saturated heterocycles. The minimum absolute atomic E-state index is 0.0770. The van der Waals surface area contributed by atoms with Crippen LogP contribution in [0.3, 0.4) is 0 Å². The Morgan fingerprint density at radius 1 is 1.38 bits per heavy atom. The molecule has 7 heteroatoms. The van der Waals surface area contributed by atoms with Crippen LogP contribution in [0, 0.1) is 13.8 Å². The van der Waals surface area contributed by atoms with Crippen LogP contribution in [-0.2, 0) is 11.2 Å². The van der Waals surface area contributed by atoms with Gasteiger partial charge in [-0.2, -0.15) is 0 Å². The number of nitrogens with two attached hydrogens (primary N) is 1. The van der Waals surface area contributed by atoms with E-state index in [2.05, 4.69) is 22.4 Å². The van der Waals surface area contributed by atoms with Crippen LogP contribution in [0.2, 0.25) is 0 Å². The molecule has 2 rings (SSSR count). The summed E-state index contributed by atoms with van der Waals surface area (Å²) in [6, 6.07) is 5.87. The third-order valence-corrected chi connectivity index (χ3v) is 5.06. The Balaban J connectivity index is 2.01. The van der Waals surface area contributed by atoms with Crippen LogP contribution in [0.4, 0.5) is 5.69 Å². The molecule has 0 aliphatic rings. The average molecular weight is 347 g/mol. The highest BCUT2D eigenvalue weighted by molar-refractivity contribution is 8.00. The number of hydrogen-bond acceptors (Lipinski definition) is 5. The first kappa shape index (κ1) is 18.3. The third-order valence-electron chi connectivity index (χ3n) is 4.00. The molecule has 1 amide bonds. The van der Waals surface area contributed by atoms with Gasteiger partial charge in [0.05, 0.1) is 5.25 Å². The molecular weight excluding hydrogens is 322 g/mol. The molecule has 6 nitrogen and oxygen atoms in total. The number of rotatable bonds is 7. The molecule has 2 aromatic rings. The van der Waals surface area contributed by atoms with Crippen LogP contribution in [0.15, 0.2) is 23.4 Å². The summed E-state index contributed by atoms with van der Waals surface area (Å²) < 4.78 is 1.49. The Hall–Kier alpha value is -2.02. The van der Waals surface area contributed by atoms with Crippen molar-refractivity contribution in [3.05, 3.63) is 35.2 Å². The van der Waals surface area contributed by atoms with Crippen molar-refractivity contribution < 1.29 is 4.79 Å². The first-order valence-corrected chi connectivity index (χ1v) is 9.05. The van der Waals surface area contributed by atoms with Crippen LogP contribution in [0.5, 0.6) is 0 Å². The Labute approximate surface area is 147 Å². The van der Waals surface area contributed by atoms with E-state index in [9.17, 15) is 4.79 Å². The molecule has 0 saturated carbocycles. The Morgan fingerprint density at radius 3 is 2.83 bits per heavy atom. The zero-order chi connectivity index (χ0) is 17.7. The van der Waals surface area contributed by atoms with E-state index >= 15 is 0 Å². The van der Waals surface area contributed by atoms with Crippen molar-refractivity contribution in [2.75, 3.05) is 11.2 Å². The summed E-state index contributed by atoms with van der Waals surface area (Å²) in [5.74, 6) is 6.70. The number of aromatic nitrogens is 3. The van der Waals surface area contributed by atoms with Crippen LogP contribution >= 0.6 is 11.8 Å². The maximum absolute atomic E-state index is 12.4. The monoisotopic (exact) mass is 347 g/mol. The van der Waals surface area contributed by atoms with Gasteiger partial charge in [-0.15, -0.1) is 10.2 Å². The number of nitrogens with one attached hydrogen (secondary N) is 1. The van der Waals surface area contributed by atoms with Gasteiger partial charge in [-0.3, -0.25) is 4.79 Å². The SMILES string of the molecule is CCCCc1nnc(S[C@H](C)C(=O)Nc2cccc(C)c2C)n1N. The van der Waals surface area contributed by atoms with E-state index in [1.807, 2.05) is 39.0 Å². The molecule has 0 fully saturated rings. The van der Waals surface area contributed by atoms with Gasteiger partial charge in [0.2, 0.25) is 11.1 Å². The molecule has 1 aromatic heterocycles. The predicted molar refractivity (Wildman–Crippen MR) is 98.6 cm³/mol. The number of benzene rings is 1. The van der Waals surface area contributed by atoms with Gasteiger partial charge in [-0.05, 0) is 44.4 Å². The van der Waals surface area contributed by atoms with E-state index in [0.717, 1.165) is 41.9 Å². The molecule has 0 unspecified atom stereocenters. The molecule has 0 bridgehead atoms. The van der Waals surface area contributed by atoms with Gasteiger partial charge in [-0.25, -0.2) is 4.68 Å². The fourth-order valence-electron chi connectivity index (χ4n) is 2.23. The van der Waals surface area contributed by atoms with E-state index in [0.29, 0.717) is 5.16 Å². The van der Waals surface area contributed by atoms with Crippen molar-refractivity contribution in [1.29, 1.82) is 0 Å². The molecule has 0 aliphatic heterocycles. The van der Waals surface area contributed by atoms with Crippen molar-refractivity contribution in [3.8, 4) is 0 Å². The van der Waals surface area contributed by atoms with Crippen molar-refractivity contribution in [2.24, 2.45) is 0 Å². The lowest BCUT2D eigenvalue weighted by molar-refractivity contribution is -0.115. The minimum atomic E-state index is -0.324. The summed E-state index contributed by atoms with van der Waals surface area (Å²) >= 11 is 1.31. The second kappa shape index (κ2) is 8.19. The van der Waals surface area contributed by atoms with E-state index < -0.39 is 0 Å². The molecule has 0 aliphatic carbocycles. The van der Waals surface area contributed by atoms with Crippen molar-refractivity contribution in [2.45, 2.75) is 57.4 Å². The molecule has 1 atom stereocenters. The molecule has 0 spiro atoms. The molecular formula is C17H25N5OS. The zero-order valence-electron chi connectivity index (χ0n) is 14.7. The fraction of sp³-hybridized carbons (Fsp3) is 0.471. The molecule has 0 radical (unpaired) electrons. The van der Waals surface area contributed by atoms with E-state index in [-0.39, 0.29) is 11.2 Å². The molecule has 3 N–H and O–H groups in total. The van der Waals surface area contributed by atoms with E-state index in [4.69, 9.17) is 5.84 Å². The van der Waals surface area contributed by atoms with Gasteiger partial charge < -0.3 is 11.2 Å². The number of carbonyl (C=O) groups is 1. The summed E-state index contributed by atoms with van der Waals surface area (Å²) in [6.45, 7) is 7.98. The lowest BCUT2D eigenvalue weighted by Gasteiger charge is -2.14. The Kier molecular flexibility index (Phi) is 6.25. The van der Waals surface area contributed by atoms with Gasteiger partial charge in [0, 0.05) is 12.1 Å². The maximum atomic E-state index is 12.4. The number of aryl methyl sites for hydroxylation is 2. The largest absolute Gasteiger partial charge is 0.336 e. The first-order valence-electron chi connectivity index (χ1n) is 8.17.